The molecule has 0 saturated heterocycles. The van der Waals surface area contributed by atoms with Gasteiger partial charge < -0.3 is 0 Å². The molecule has 0 amide bonds. The molecule has 8 rings (SSSR count). The smallest absolute Gasteiger partial charge is 0.260 e. The maximum absolute atomic E-state index is 15.8. The number of hydrogen-bond donors (Lipinski definition) is 0. The second-order valence-corrected chi connectivity index (χ2v) is 24.5. The van der Waals surface area contributed by atoms with Crippen LogP contribution in [0.1, 0.15) is 233 Å². The first kappa shape index (κ1) is 56.1. The SMILES string of the molecule is CCCCCCCCCCC(CCCCCCCC)Cn1c(=O)c2cc3cc(-c4cccs4)nc4c3c3c(cc5cc(-c6cccs6)nc1c5c23)c(=O)n4CC(CCCCCCCC)CCCCCCCCCC. The summed E-state index contributed by atoms with van der Waals surface area (Å²) in [5.41, 5.74) is 3.32. The van der Waals surface area contributed by atoms with Crippen LogP contribution in [0.25, 0.3) is 75.5 Å². The molecule has 2 unspecified atom stereocenters. The molecule has 0 spiro atoms. The molecule has 0 radical (unpaired) electrons. The minimum atomic E-state index is 0.0211. The van der Waals surface area contributed by atoms with Gasteiger partial charge in [0, 0.05) is 45.4 Å². The molecule has 6 heterocycles. The van der Waals surface area contributed by atoms with Crippen molar-refractivity contribution in [3.63, 3.8) is 0 Å². The van der Waals surface area contributed by atoms with Crippen molar-refractivity contribution in [1.82, 2.24) is 19.1 Å². The van der Waals surface area contributed by atoms with Gasteiger partial charge in [-0.1, -0.05) is 220 Å². The lowest BCUT2D eigenvalue weighted by Crippen LogP contribution is -2.28. The Hall–Kier alpha value is -4.14. The van der Waals surface area contributed by atoms with Crippen LogP contribution in [-0.4, -0.2) is 19.1 Å². The van der Waals surface area contributed by atoms with Crippen molar-refractivity contribution in [2.75, 3.05) is 0 Å². The fourth-order valence-electron chi connectivity index (χ4n) is 12.5. The highest BCUT2D eigenvalue weighted by atomic mass is 32.1. The van der Waals surface area contributed by atoms with Crippen LogP contribution in [0.5, 0.6) is 0 Å². The number of rotatable bonds is 38. The third-order valence-corrected chi connectivity index (χ3v) is 18.5. The van der Waals surface area contributed by atoms with E-state index in [2.05, 4.69) is 96.1 Å². The average molecular weight is 1040 g/mol. The van der Waals surface area contributed by atoms with Gasteiger partial charge in [0.15, 0.2) is 0 Å². The molecule has 8 heteroatoms. The summed E-state index contributed by atoms with van der Waals surface area (Å²) in [6.45, 7) is 10.5. The summed E-state index contributed by atoms with van der Waals surface area (Å²) in [5, 5.41) is 11.4. The van der Waals surface area contributed by atoms with Crippen LogP contribution in [0.15, 0.2) is 68.9 Å². The highest BCUT2D eigenvalue weighted by Gasteiger charge is 2.28. The first-order valence-electron chi connectivity index (χ1n) is 30.5. The van der Waals surface area contributed by atoms with E-state index in [0.717, 1.165) is 90.4 Å². The fraction of sp³-hybridized carbons (Fsp3) is 0.606. The Balaban J connectivity index is 1.24. The van der Waals surface area contributed by atoms with Crippen molar-refractivity contribution in [3.8, 4) is 21.1 Å². The van der Waals surface area contributed by atoms with Crippen molar-refractivity contribution in [2.24, 2.45) is 11.8 Å². The molecule has 0 bridgehead atoms. The Kier molecular flexibility index (Phi) is 22.3. The summed E-state index contributed by atoms with van der Waals surface area (Å²) in [4.78, 5) is 44.7. The molecular formula is C66H92N4O2S2. The maximum atomic E-state index is 15.8. The van der Waals surface area contributed by atoms with E-state index in [0.29, 0.717) is 35.7 Å². The first-order chi connectivity index (χ1) is 36.4. The van der Waals surface area contributed by atoms with Gasteiger partial charge in [0.05, 0.1) is 21.1 Å². The molecule has 0 aliphatic carbocycles. The third-order valence-electron chi connectivity index (χ3n) is 16.7. The Morgan fingerprint density at radius 3 is 1.01 bits per heavy atom. The lowest BCUT2D eigenvalue weighted by Gasteiger charge is -2.25. The molecule has 6 aromatic heterocycles. The summed E-state index contributed by atoms with van der Waals surface area (Å²) in [6, 6.07) is 17.2. The molecule has 8 aromatic rings. The summed E-state index contributed by atoms with van der Waals surface area (Å²) in [6.07, 6.45) is 40.5. The predicted octanol–water partition coefficient (Wildman–Crippen LogP) is 20.7. The van der Waals surface area contributed by atoms with E-state index in [1.807, 2.05) is 0 Å². The lowest BCUT2D eigenvalue weighted by molar-refractivity contribution is 0.357. The molecule has 400 valence electrons. The Bertz CT molecular complexity index is 2780. The molecule has 74 heavy (non-hydrogen) atoms. The van der Waals surface area contributed by atoms with Gasteiger partial charge in [-0.3, -0.25) is 18.7 Å². The zero-order chi connectivity index (χ0) is 51.5. The average Bonchev–Trinajstić information content (AvgIpc) is 4.17. The van der Waals surface area contributed by atoms with E-state index in [9.17, 15) is 0 Å². The number of nitrogens with zero attached hydrogens (tertiary/aromatic N) is 4. The van der Waals surface area contributed by atoms with Gasteiger partial charge in [-0.2, -0.15) is 0 Å². The Morgan fingerprint density at radius 1 is 0.405 bits per heavy atom. The Morgan fingerprint density at radius 2 is 0.716 bits per heavy atom. The van der Waals surface area contributed by atoms with Gasteiger partial charge in [0.1, 0.15) is 11.3 Å². The zero-order valence-electron chi connectivity index (χ0n) is 46.4. The summed E-state index contributed by atoms with van der Waals surface area (Å²) < 4.78 is 4.17. The van der Waals surface area contributed by atoms with E-state index in [1.165, 1.54) is 180 Å². The lowest BCUT2D eigenvalue weighted by atomic mass is 9.89. The number of pyridine rings is 4. The normalized spacial score (nSPS) is 13.1. The minimum absolute atomic E-state index is 0.0211. The Labute approximate surface area is 452 Å². The second kappa shape index (κ2) is 29.4. The first-order valence-corrected chi connectivity index (χ1v) is 32.2. The summed E-state index contributed by atoms with van der Waals surface area (Å²) in [5.74, 6) is 0.768. The highest BCUT2D eigenvalue weighted by molar-refractivity contribution is 7.13. The number of aromatic nitrogens is 4. The van der Waals surface area contributed by atoms with Gasteiger partial charge in [0.2, 0.25) is 0 Å². The van der Waals surface area contributed by atoms with E-state index >= 15 is 9.59 Å². The van der Waals surface area contributed by atoms with Crippen LogP contribution < -0.4 is 11.1 Å². The van der Waals surface area contributed by atoms with Crippen LogP contribution in [0, 0.1) is 11.8 Å². The molecule has 0 N–H and O–H groups in total. The fourth-order valence-corrected chi connectivity index (χ4v) is 13.8. The molecule has 0 saturated carbocycles. The van der Waals surface area contributed by atoms with Crippen LogP contribution in [0.4, 0.5) is 0 Å². The standard InChI is InChI=1S/C66H92N4O2S2/c1-5-9-13-17-21-23-27-31-37-49(35-29-25-19-15-11-7-3)47-69-63-59-51(45-55(67-63)57-39-33-41-73-57)44-54-62-60-52(43-53(61(59)62)65(69)71)46-56(58-40-34-42-74-58)68-64(60)70(66(54)72)48-50(36-30-26-20-16-12-8-4)38-32-28-24-22-18-14-10-6-2/h33-34,39-46,49-50H,5-32,35-38,47-48H2,1-4H3. The van der Waals surface area contributed by atoms with E-state index in [4.69, 9.17) is 9.97 Å². The van der Waals surface area contributed by atoms with Gasteiger partial charge in [-0.25, -0.2) is 9.97 Å². The van der Waals surface area contributed by atoms with Crippen LogP contribution >= 0.6 is 22.7 Å². The molecule has 2 atom stereocenters. The third kappa shape index (κ3) is 14.3. The van der Waals surface area contributed by atoms with Crippen LogP contribution in [-0.2, 0) is 13.1 Å². The quantitative estimate of drug-likeness (QED) is 0.0220. The summed E-state index contributed by atoms with van der Waals surface area (Å²) >= 11 is 3.37. The number of benzene rings is 2. The molecule has 0 aliphatic heterocycles. The summed E-state index contributed by atoms with van der Waals surface area (Å²) in [7, 11) is 0. The topological polar surface area (TPSA) is 69.8 Å². The zero-order valence-corrected chi connectivity index (χ0v) is 48.0. The van der Waals surface area contributed by atoms with Crippen molar-refractivity contribution >= 4 is 77.1 Å². The van der Waals surface area contributed by atoms with Crippen molar-refractivity contribution in [1.29, 1.82) is 0 Å². The van der Waals surface area contributed by atoms with Crippen LogP contribution in [0.3, 0.4) is 0 Å². The van der Waals surface area contributed by atoms with Crippen molar-refractivity contribution in [2.45, 2.75) is 246 Å². The number of hydrogen-bond acceptors (Lipinski definition) is 6. The van der Waals surface area contributed by atoms with Gasteiger partial charge in [0.25, 0.3) is 11.1 Å². The van der Waals surface area contributed by atoms with Crippen molar-refractivity contribution < 1.29 is 0 Å². The monoisotopic (exact) mass is 1040 g/mol. The minimum Gasteiger partial charge on any atom is -0.292 e. The molecule has 0 aliphatic rings. The van der Waals surface area contributed by atoms with E-state index in [1.54, 1.807) is 22.7 Å². The largest absolute Gasteiger partial charge is 0.292 e. The molecule has 2 aromatic carbocycles. The molecular weight excluding hydrogens is 945 g/mol. The molecule has 6 nitrogen and oxygen atoms in total. The number of unbranched alkanes of at least 4 members (excludes halogenated alkanes) is 24. The van der Waals surface area contributed by atoms with Gasteiger partial charge in [-0.15, -0.1) is 22.7 Å². The highest BCUT2D eigenvalue weighted by Crippen LogP contribution is 2.44. The van der Waals surface area contributed by atoms with E-state index < -0.39 is 0 Å². The van der Waals surface area contributed by atoms with E-state index in [-0.39, 0.29) is 11.1 Å². The van der Waals surface area contributed by atoms with Gasteiger partial charge >= 0.3 is 0 Å². The predicted molar refractivity (Wildman–Crippen MR) is 325 cm³/mol. The second-order valence-electron chi connectivity index (χ2n) is 22.6. The van der Waals surface area contributed by atoms with Gasteiger partial charge in [-0.05, 0) is 95.4 Å². The molecule has 0 fully saturated rings. The number of thiophene rings is 2. The van der Waals surface area contributed by atoms with Crippen molar-refractivity contribution in [3.05, 3.63) is 80.0 Å². The maximum Gasteiger partial charge on any atom is 0.260 e. The van der Waals surface area contributed by atoms with Crippen LogP contribution in [0.2, 0.25) is 0 Å².